The first-order chi connectivity index (χ1) is 8.61. The average Bonchev–Trinajstić information content (AvgIpc) is 2.38. The molecule has 0 bridgehead atoms. The number of benzene rings is 1. The Morgan fingerprint density at radius 3 is 2.72 bits per heavy atom. The van der Waals surface area contributed by atoms with E-state index in [0.29, 0.717) is 18.9 Å². The van der Waals surface area contributed by atoms with Gasteiger partial charge in [-0.25, -0.2) is 0 Å². The molecular formula is C12H15ClN2O3. The third-order valence-corrected chi connectivity index (χ3v) is 3.57. The second-order valence-electron chi connectivity index (χ2n) is 4.32. The van der Waals surface area contributed by atoms with Crippen LogP contribution in [-0.2, 0) is 4.74 Å². The molecule has 0 saturated carbocycles. The van der Waals surface area contributed by atoms with Crippen molar-refractivity contribution in [3.05, 3.63) is 33.3 Å². The number of hydrogen-bond acceptors (Lipinski definition) is 4. The maximum Gasteiger partial charge on any atom is 0.310 e. The van der Waals surface area contributed by atoms with Gasteiger partial charge in [0.25, 0.3) is 0 Å². The fourth-order valence-corrected chi connectivity index (χ4v) is 2.48. The monoisotopic (exact) mass is 270 g/mol. The fourth-order valence-electron chi connectivity index (χ4n) is 2.24. The number of ether oxygens (including phenoxy) is 1. The molecule has 6 heteroatoms. The van der Waals surface area contributed by atoms with Crippen molar-refractivity contribution >= 4 is 23.0 Å². The van der Waals surface area contributed by atoms with Crippen molar-refractivity contribution in [2.45, 2.75) is 18.9 Å². The summed E-state index contributed by atoms with van der Waals surface area (Å²) in [7, 11) is 1.87. The van der Waals surface area contributed by atoms with Crippen LogP contribution < -0.4 is 4.90 Å². The van der Waals surface area contributed by atoms with Gasteiger partial charge in [0, 0.05) is 26.3 Å². The summed E-state index contributed by atoms with van der Waals surface area (Å²) in [6.45, 7) is 1.40. The summed E-state index contributed by atoms with van der Waals surface area (Å²) in [5.41, 5.74) is 0.549. The molecule has 0 aliphatic carbocycles. The summed E-state index contributed by atoms with van der Waals surface area (Å²) in [5.74, 6) is 0. The predicted octanol–water partition coefficient (Wildman–Crippen LogP) is 2.86. The van der Waals surface area contributed by atoms with Gasteiger partial charge in [-0.15, -0.1) is 0 Å². The minimum absolute atomic E-state index is 0.0202. The van der Waals surface area contributed by atoms with Gasteiger partial charge < -0.3 is 9.64 Å². The molecule has 1 aromatic rings. The van der Waals surface area contributed by atoms with Crippen LogP contribution in [0.1, 0.15) is 12.8 Å². The molecule has 2 rings (SSSR count). The highest BCUT2D eigenvalue weighted by atomic mass is 35.5. The largest absolute Gasteiger partial charge is 0.381 e. The molecular weight excluding hydrogens is 256 g/mol. The third-order valence-electron chi connectivity index (χ3n) is 3.27. The van der Waals surface area contributed by atoms with E-state index in [1.54, 1.807) is 18.2 Å². The quantitative estimate of drug-likeness (QED) is 0.626. The number of rotatable bonds is 3. The van der Waals surface area contributed by atoms with Crippen LogP contribution in [0.2, 0.25) is 5.02 Å². The molecule has 5 nitrogen and oxygen atoms in total. The molecule has 1 saturated heterocycles. The van der Waals surface area contributed by atoms with E-state index >= 15 is 0 Å². The number of hydrogen-bond donors (Lipinski definition) is 0. The van der Waals surface area contributed by atoms with E-state index in [1.165, 1.54) is 0 Å². The fraction of sp³-hybridized carbons (Fsp3) is 0.500. The number of nitrogens with zero attached hydrogens (tertiary/aromatic N) is 2. The van der Waals surface area contributed by atoms with Crippen molar-refractivity contribution in [2.75, 3.05) is 25.2 Å². The Labute approximate surface area is 110 Å². The van der Waals surface area contributed by atoms with Gasteiger partial charge >= 0.3 is 5.69 Å². The Balaban J connectivity index is 2.31. The molecule has 0 spiro atoms. The van der Waals surface area contributed by atoms with Crippen molar-refractivity contribution < 1.29 is 9.66 Å². The molecule has 0 aromatic heterocycles. The van der Waals surface area contributed by atoms with E-state index < -0.39 is 4.92 Å². The van der Waals surface area contributed by atoms with Gasteiger partial charge in [0.05, 0.1) is 4.92 Å². The molecule has 1 aliphatic rings. The Bertz CT molecular complexity index is 447. The lowest BCUT2D eigenvalue weighted by Crippen LogP contribution is -2.36. The van der Waals surface area contributed by atoms with Gasteiger partial charge in [-0.2, -0.15) is 0 Å². The van der Waals surface area contributed by atoms with Crippen LogP contribution in [0.15, 0.2) is 18.2 Å². The summed E-state index contributed by atoms with van der Waals surface area (Å²) in [5, 5.41) is 11.3. The van der Waals surface area contributed by atoms with Crippen molar-refractivity contribution in [1.29, 1.82) is 0 Å². The van der Waals surface area contributed by atoms with E-state index in [1.807, 2.05) is 11.9 Å². The molecule has 0 N–H and O–H groups in total. The lowest BCUT2D eigenvalue weighted by Gasteiger charge is -2.32. The SMILES string of the molecule is CN(c1cccc(Cl)c1[N+](=O)[O-])C1CCOCC1. The first-order valence-electron chi connectivity index (χ1n) is 5.84. The molecule has 18 heavy (non-hydrogen) atoms. The first kappa shape index (κ1) is 13.1. The van der Waals surface area contributed by atoms with Crippen LogP contribution in [0.25, 0.3) is 0 Å². The number of para-hydroxylation sites is 1. The Kier molecular flexibility index (Phi) is 4.04. The highest BCUT2D eigenvalue weighted by molar-refractivity contribution is 6.33. The summed E-state index contributed by atoms with van der Waals surface area (Å²) in [6.07, 6.45) is 1.75. The molecule has 0 atom stereocenters. The van der Waals surface area contributed by atoms with Crippen LogP contribution in [-0.4, -0.2) is 31.2 Å². The second kappa shape index (κ2) is 5.54. The molecule has 1 fully saturated rings. The number of nitro benzene ring substituents is 1. The van der Waals surface area contributed by atoms with Crippen molar-refractivity contribution in [2.24, 2.45) is 0 Å². The molecule has 0 radical (unpaired) electrons. The Morgan fingerprint density at radius 1 is 1.44 bits per heavy atom. The average molecular weight is 271 g/mol. The van der Waals surface area contributed by atoms with Crippen molar-refractivity contribution in [3.8, 4) is 0 Å². The third kappa shape index (κ3) is 2.57. The predicted molar refractivity (Wildman–Crippen MR) is 70.4 cm³/mol. The maximum atomic E-state index is 11.1. The zero-order valence-corrected chi connectivity index (χ0v) is 10.9. The minimum Gasteiger partial charge on any atom is -0.381 e. The van der Waals surface area contributed by atoms with Crippen molar-refractivity contribution in [3.63, 3.8) is 0 Å². The maximum absolute atomic E-state index is 11.1. The topological polar surface area (TPSA) is 55.6 Å². The Morgan fingerprint density at radius 2 is 2.11 bits per heavy atom. The second-order valence-corrected chi connectivity index (χ2v) is 4.73. The summed E-state index contributed by atoms with van der Waals surface area (Å²) in [6, 6.07) is 5.27. The number of anilines is 1. The summed E-state index contributed by atoms with van der Waals surface area (Å²) < 4.78 is 5.30. The van der Waals surface area contributed by atoms with Gasteiger partial charge in [0.1, 0.15) is 10.7 Å². The minimum atomic E-state index is -0.423. The Hall–Kier alpha value is -1.33. The molecule has 1 aliphatic heterocycles. The molecule has 0 amide bonds. The van der Waals surface area contributed by atoms with E-state index in [4.69, 9.17) is 16.3 Å². The van der Waals surface area contributed by atoms with Gasteiger partial charge in [0.2, 0.25) is 0 Å². The zero-order chi connectivity index (χ0) is 13.1. The van der Waals surface area contributed by atoms with Crippen LogP contribution in [0, 0.1) is 10.1 Å². The van der Waals surface area contributed by atoms with Crippen LogP contribution in [0.5, 0.6) is 0 Å². The molecule has 1 heterocycles. The molecule has 0 unspecified atom stereocenters. The van der Waals surface area contributed by atoms with E-state index in [0.717, 1.165) is 12.8 Å². The molecule has 1 aromatic carbocycles. The standard InChI is InChI=1S/C12H15ClN2O3/c1-14(9-5-7-18-8-6-9)11-4-2-3-10(13)12(11)15(16)17/h2-4,9H,5-8H2,1H3. The lowest BCUT2D eigenvalue weighted by molar-refractivity contribution is -0.384. The highest BCUT2D eigenvalue weighted by Crippen LogP contribution is 2.36. The smallest absolute Gasteiger partial charge is 0.310 e. The lowest BCUT2D eigenvalue weighted by atomic mass is 10.1. The summed E-state index contributed by atoms with van der Waals surface area (Å²) in [4.78, 5) is 12.6. The van der Waals surface area contributed by atoms with Crippen LogP contribution in [0.4, 0.5) is 11.4 Å². The van der Waals surface area contributed by atoms with Crippen molar-refractivity contribution in [1.82, 2.24) is 0 Å². The van der Waals surface area contributed by atoms with Gasteiger partial charge in [-0.05, 0) is 25.0 Å². The van der Waals surface area contributed by atoms with Gasteiger partial charge in [0.15, 0.2) is 0 Å². The van der Waals surface area contributed by atoms with E-state index in [-0.39, 0.29) is 16.8 Å². The highest BCUT2D eigenvalue weighted by Gasteiger charge is 2.26. The van der Waals surface area contributed by atoms with Crippen LogP contribution >= 0.6 is 11.6 Å². The first-order valence-corrected chi connectivity index (χ1v) is 6.22. The number of nitro groups is 1. The van der Waals surface area contributed by atoms with Crippen LogP contribution in [0.3, 0.4) is 0 Å². The van der Waals surface area contributed by atoms with E-state index in [2.05, 4.69) is 0 Å². The molecule has 98 valence electrons. The van der Waals surface area contributed by atoms with Gasteiger partial charge in [-0.1, -0.05) is 17.7 Å². The normalized spacial score (nSPS) is 16.6. The van der Waals surface area contributed by atoms with E-state index in [9.17, 15) is 10.1 Å². The number of halogens is 1. The van der Waals surface area contributed by atoms with Gasteiger partial charge in [-0.3, -0.25) is 10.1 Å². The summed E-state index contributed by atoms with van der Waals surface area (Å²) >= 11 is 5.91. The zero-order valence-electron chi connectivity index (χ0n) is 10.1.